The fourth-order valence-electron chi connectivity index (χ4n) is 3.83. The maximum Gasteiger partial charge on any atom is 0.295 e. The number of piperazine rings is 1. The van der Waals surface area contributed by atoms with Crippen molar-refractivity contribution in [3.05, 3.63) is 65.6 Å². The highest BCUT2D eigenvalue weighted by Crippen LogP contribution is 2.32. The van der Waals surface area contributed by atoms with Gasteiger partial charge in [0.1, 0.15) is 11.4 Å². The molecule has 9 nitrogen and oxygen atoms in total. The van der Waals surface area contributed by atoms with Crippen LogP contribution in [0.15, 0.2) is 48.5 Å². The van der Waals surface area contributed by atoms with Crippen LogP contribution < -0.4 is 0 Å². The van der Waals surface area contributed by atoms with Crippen molar-refractivity contribution >= 4 is 39.8 Å². The van der Waals surface area contributed by atoms with Crippen molar-refractivity contribution in [3.8, 4) is 10.6 Å². The Morgan fingerprint density at radius 1 is 1.03 bits per heavy atom. The molecule has 0 bridgehead atoms. The summed E-state index contributed by atoms with van der Waals surface area (Å²) in [5, 5.41) is 0.0238. The lowest BCUT2D eigenvalue weighted by molar-refractivity contribution is -0.127. The van der Waals surface area contributed by atoms with Crippen LogP contribution in [-0.2, 0) is 4.79 Å². The summed E-state index contributed by atoms with van der Waals surface area (Å²) in [6.45, 7) is 0.940. The van der Waals surface area contributed by atoms with Gasteiger partial charge in [-0.1, -0.05) is 6.07 Å². The first kappa shape index (κ1) is 20.9. The van der Waals surface area contributed by atoms with Crippen molar-refractivity contribution in [2.24, 2.45) is 0 Å². The zero-order valence-electron chi connectivity index (χ0n) is 17.2. The SMILES string of the molecule is O=C(C(=O)N1CCN(C(=O)c2ccccn2)CC1)c1c[nH]c2c(-c3cncs3)ncc(F)c12. The number of H-pyrrole nitrogens is 1. The molecule has 4 aromatic rings. The first-order valence-electron chi connectivity index (χ1n) is 10.1. The molecule has 5 rings (SSSR count). The summed E-state index contributed by atoms with van der Waals surface area (Å²) >= 11 is 1.33. The number of rotatable bonds is 4. The maximum absolute atomic E-state index is 14.6. The molecule has 1 aliphatic heterocycles. The van der Waals surface area contributed by atoms with Gasteiger partial charge in [-0.2, -0.15) is 0 Å². The van der Waals surface area contributed by atoms with Gasteiger partial charge in [0.25, 0.3) is 17.6 Å². The summed E-state index contributed by atoms with van der Waals surface area (Å²) in [5.74, 6) is -2.47. The number of thiazole rings is 1. The molecule has 11 heteroatoms. The normalized spacial score (nSPS) is 14.0. The summed E-state index contributed by atoms with van der Waals surface area (Å²) < 4.78 is 14.6. The molecule has 0 aromatic carbocycles. The van der Waals surface area contributed by atoms with Crippen molar-refractivity contribution < 1.29 is 18.8 Å². The highest BCUT2D eigenvalue weighted by molar-refractivity contribution is 7.13. The zero-order valence-corrected chi connectivity index (χ0v) is 18.0. The Labute approximate surface area is 190 Å². The minimum atomic E-state index is -0.814. The third-order valence-electron chi connectivity index (χ3n) is 5.51. The molecule has 166 valence electrons. The molecule has 0 spiro atoms. The Kier molecular flexibility index (Phi) is 5.38. The number of Topliss-reactive ketones (excluding diaryl/α,β-unsaturated/α-hetero) is 1. The van der Waals surface area contributed by atoms with E-state index < -0.39 is 17.5 Å². The maximum atomic E-state index is 14.6. The van der Waals surface area contributed by atoms with E-state index in [9.17, 15) is 18.8 Å². The van der Waals surface area contributed by atoms with Crippen molar-refractivity contribution in [2.45, 2.75) is 0 Å². The summed E-state index contributed by atoms with van der Waals surface area (Å²) in [6, 6.07) is 5.09. The minimum Gasteiger partial charge on any atom is -0.359 e. The van der Waals surface area contributed by atoms with Crippen LogP contribution >= 0.6 is 11.3 Å². The number of nitrogens with one attached hydrogen (secondary N) is 1. The van der Waals surface area contributed by atoms with Gasteiger partial charge in [0, 0.05) is 44.8 Å². The Hall–Kier alpha value is -3.99. The van der Waals surface area contributed by atoms with Gasteiger partial charge in [-0.25, -0.2) is 4.39 Å². The minimum absolute atomic E-state index is 0.0238. The number of nitrogens with zero attached hydrogens (tertiary/aromatic N) is 5. The molecule has 1 fully saturated rings. The van der Waals surface area contributed by atoms with Crippen LogP contribution in [0.2, 0.25) is 0 Å². The molecule has 0 aliphatic carbocycles. The van der Waals surface area contributed by atoms with Crippen LogP contribution in [0.25, 0.3) is 21.5 Å². The second-order valence-corrected chi connectivity index (χ2v) is 8.29. The second kappa shape index (κ2) is 8.51. The lowest BCUT2D eigenvalue weighted by Gasteiger charge is -2.34. The highest BCUT2D eigenvalue weighted by Gasteiger charge is 2.31. The van der Waals surface area contributed by atoms with Crippen molar-refractivity contribution in [2.75, 3.05) is 26.2 Å². The molecular formula is C22H17FN6O3S. The van der Waals surface area contributed by atoms with E-state index in [2.05, 4.69) is 19.9 Å². The zero-order chi connectivity index (χ0) is 22.9. The number of hydrogen-bond donors (Lipinski definition) is 1. The number of ketones is 1. The van der Waals surface area contributed by atoms with Crippen LogP contribution in [0.3, 0.4) is 0 Å². The van der Waals surface area contributed by atoms with Crippen molar-refractivity contribution in [3.63, 3.8) is 0 Å². The highest BCUT2D eigenvalue weighted by atomic mass is 32.1. The van der Waals surface area contributed by atoms with E-state index in [1.54, 1.807) is 41.0 Å². The molecular weight excluding hydrogens is 447 g/mol. The van der Waals surface area contributed by atoms with E-state index in [4.69, 9.17) is 0 Å². The first-order chi connectivity index (χ1) is 16.0. The molecule has 4 aromatic heterocycles. The van der Waals surface area contributed by atoms with Crippen LogP contribution in [0, 0.1) is 5.82 Å². The number of amides is 2. The van der Waals surface area contributed by atoms with Gasteiger partial charge in [0.15, 0.2) is 5.82 Å². The number of hydrogen-bond acceptors (Lipinski definition) is 7. The van der Waals surface area contributed by atoms with E-state index in [0.29, 0.717) is 21.8 Å². The fraction of sp³-hybridized carbons (Fsp3) is 0.182. The molecule has 0 unspecified atom stereocenters. The Bertz CT molecular complexity index is 1350. The molecule has 5 heterocycles. The number of aromatic amines is 1. The predicted molar refractivity (Wildman–Crippen MR) is 118 cm³/mol. The molecule has 0 radical (unpaired) electrons. The topological polar surface area (TPSA) is 112 Å². The van der Waals surface area contributed by atoms with Gasteiger partial charge in [0.05, 0.1) is 33.1 Å². The number of pyridine rings is 2. The standard InChI is InChI=1S/C22H17FN6O3S/c23-14-10-27-18(16-11-24-12-33-16)19-17(14)13(9-26-19)20(30)22(32)29-7-5-28(6-8-29)21(31)15-3-1-2-4-25-15/h1-4,9-12,26H,5-8H2. The van der Waals surface area contributed by atoms with E-state index in [1.807, 2.05) is 0 Å². The number of halogens is 1. The number of fused-ring (bicyclic) bond motifs is 1. The van der Waals surface area contributed by atoms with Crippen LogP contribution in [0.5, 0.6) is 0 Å². The van der Waals surface area contributed by atoms with Crippen LogP contribution in [0.4, 0.5) is 4.39 Å². The Morgan fingerprint density at radius 2 is 1.82 bits per heavy atom. The van der Waals surface area contributed by atoms with Gasteiger partial charge in [0.2, 0.25) is 0 Å². The molecule has 1 N–H and O–H groups in total. The van der Waals surface area contributed by atoms with E-state index in [1.165, 1.54) is 22.4 Å². The average Bonchev–Trinajstić information content (AvgIpc) is 3.55. The van der Waals surface area contributed by atoms with Crippen molar-refractivity contribution in [1.82, 2.24) is 29.7 Å². The van der Waals surface area contributed by atoms with Gasteiger partial charge in [-0.05, 0) is 12.1 Å². The Morgan fingerprint density at radius 3 is 2.52 bits per heavy atom. The van der Waals surface area contributed by atoms with Gasteiger partial charge in [-0.15, -0.1) is 11.3 Å². The second-order valence-electron chi connectivity index (χ2n) is 7.40. The molecule has 1 saturated heterocycles. The number of carbonyl (C=O) groups excluding carboxylic acids is 3. The Balaban J connectivity index is 1.34. The average molecular weight is 464 g/mol. The smallest absolute Gasteiger partial charge is 0.295 e. The summed E-state index contributed by atoms with van der Waals surface area (Å²) in [5.41, 5.74) is 2.70. The molecule has 0 saturated carbocycles. The van der Waals surface area contributed by atoms with Crippen LogP contribution in [-0.4, -0.2) is 73.5 Å². The third kappa shape index (κ3) is 3.76. The van der Waals surface area contributed by atoms with Gasteiger partial charge < -0.3 is 14.8 Å². The predicted octanol–water partition coefficient (Wildman–Crippen LogP) is 2.39. The molecule has 33 heavy (non-hydrogen) atoms. The lowest BCUT2D eigenvalue weighted by Crippen LogP contribution is -2.52. The third-order valence-corrected chi connectivity index (χ3v) is 6.29. The lowest BCUT2D eigenvalue weighted by atomic mass is 10.1. The summed E-state index contributed by atoms with van der Waals surface area (Å²) in [4.78, 5) is 57.2. The van der Waals surface area contributed by atoms with Gasteiger partial charge in [-0.3, -0.25) is 29.3 Å². The fourth-order valence-corrected chi connectivity index (χ4v) is 4.45. The van der Waals surface area contributed by atoms with E-state index >= 15 is 0 Å². The largest absolute Gasteiger partial charge is 0.359 e. The molecule has 2 amide bonds. The molecule has 1 aliphatic rings. The monoisotopic (exact) mass is 464 g/mol. The summed E-state index contributed by atoms with van der Waals surface area (Å²) in [7, 11) is 0. The number of aromatic nitrogens is 4. The van der Waals surface area contributed by atoms with Crippen molar-refractivity contribution in [1.29, 1.82) is 0 Å². The first-order valence-corrected chi connectivity index (χ1v) is 11.0. The van der Waals surface area contributed by atoms with Gasteiger partial charge >= 0.3 is 0 Å². The van der Waals surface area contributed by atoms with E-state index in [-0.39, 0.29) is 43.0 Å². The number of carbonyl (C=O) groups is 3. The van der Waals surface area contributed by atoms with Crippen LogP contribution in [0.1, 0.15) is 20.8 Å². The quantitative estimate of drug-likeness (QED) is 0.367. The summed E-state index contributed by atoms with van der Waals surface area (Å²) in [6.07, 6.45) is 5.51. The molecule has 0 atom stereocenters. The van der Waals surface area contributed by atoms with E-state index in [0.717, 1.165) is 6.20 Å².